The topological polar surface area (TPSA) is 0 Å². The molecule has 3 heteroatoms. The summed E-state index contributed by atoms with van der Waals surface area (Å²) in [5, 5.41) is 0. The number of rotatable bonds is 1. The fraction of sp³-hybridized carbons (Fsp3) is 1.00. The van der Waals surface area contributed by atoms with Crippen LogP contribution in [0.1, 0.15) is 0 Å². The summed E-state index contributed by atoms with van der Waals surface area (Å²) in [7, 11) is 4.40. The van der Waals surface area contributed by atoms with Gasteiger partial charge in [0.05, 0.1) is 0 Å². The monoisotopic (exact) mass is 206 g/mol. The average Bonchev–Trinajstić information content (AvgIpc) is 1.37. The summed E-state index contributed by atoms with van der Waals surface area (Å²) in [6, 6.07) is 0. The minimum atomic E-state index is 1.14. The largest absolute Gasteiger partial charge is 0.126 e. The van der Waals surface area contributed by atoms with Gasteiger partial charge >= 0.3 is 0 Å². The second kappa shape index (κ2) is 4.51. The van der Waals surface area contributed by atoms with Crippen molar-refractivity contribution in [1.82, 2.24) is 0 Å². The highest BCUT2D eigenvalue weighted by Gasteiger charge is 1.58. The van der Waals surface area contributed by atoms with Crippen molar-refractivity contribution in [1.29, 1.82) is 0 Å². The Labute approximate surface area is 44.9 Å². The van der Waals surface area contributed by atoms with Crippen molar-refractivity contribution in [2.24, 2.45) is 0 Å². The maximum Gasteiger partial charge on any atom is 0.0179 e. The normalized spacial score (nSPS) is 7.50. The van der Waals surface area contributed by atoms with Gasteiger partial charge in [-0.25, -0.2) is 0 Å². The van der Waals surface area contributed by atoms with Crippen molar-refractivity contribution in [2.45, 2.75) is 0 Å². The molecule has 1 atom stereocenters. The first-order chi connectivity index (χ1) is 1.91. The second-order valence-corrected chi connectivity index (χ2v) is 3.70. The van der Waals surface area contributed by atoms with E-state index in [0.717, 1.165) is 5.49 Å². The van der Waals surface area contributed by atoms with E-state index in [1.54, 1.807) is 8.93 Å². The van der Waals surface area contributed by atoms with Crippen molar-refractivity contribution in [3.63, 3.8) is 0 Å². The SMILES string of the molecule is PCSI. The molecule has 0 aromatic carbocycles. The summed E-state index contributed by atoms with van der Waals surface area (Å²) in [4.78, 5) is 0. The molecular formula is CH4IPS. The van der Waals surface area contributed by atoms with Crippen molar-refractivity contribution < 1.29 is 0 Å². The summed E-state index contributed by atoms with van der Waals surface area (Å²) in [5.74, 6) is 0. The zero-order valence-corrected chi connectivity index (χ0v) is 6.20. The zero-order valence-electron chi connectivity index (χ0n) is 2.07. The van der Waals surface area contributed by atoms with Crippen LogP contribution in [0.5, 0.6) is 0 Å². The Hall–Kier alpha value is 1.51. The van der Waals surface area contributed by atoms with Crippen molar-refractivity contribution in [3.8, 4) is 0 Å². The minimum absolute atomic E-state index is 1.14. The predicted octanol–water partition coefficient (Wildman–Crippen LogP) is 1.90. The maximum absolute atomic E-state index is 2.61. The fourth-order valence-corrected chi connectivity index (χ4v) is 0. The Morgan fingerprint density at radius 1 is 2.00 bits per heavy atom. The molecule has 26 valence electrons. The molecule has 0 heterocycles. The summed E-state index contributed by atoms with van der Waals surface area (Å²) in [6.45, 7) is 0. The van der Waals surface area contributed by atoms with Gasteiger partial charge in [0.25, 0.3) is 0 Å². The molecule has 4 heavy (non-hydrogen) atoms. The van der Waals surface area contributed by atoms with Crippen molar-refractivity contribution in [3.05, 3.63) is 0 Å². The van der Waals surface area contributed by atoms with E-state index in [9.17, 15) is 0 Å². The van der Waals surface area contributed by atoms with Crippen LogP contribution in [0.3, 0.4) is 0 Å². The van der Waals surface area contributed by atoms with Gasteiger partial charge in [-0.3, -0.25) is 0 Å². The Bertz CT molecular complexity index is 10.0. The highest BCUT2D eigenvalue weighted by Crippen LogP contribution is 2.12. The summed E-state index contributed by atoms with van der Waals surface area (Å²) >= 11 is 2.25. The van der Waals surface area contributed by atoms with Gasteiger partial charge in [-0.05, 0) is 21.2 Å². The van der Waals surface area contributed by atoms with Gasteiger partial charge in [0.2, 0.25) is 0 Å². The van der Waals surface area contributed by atoms with Crippen LogP contribution < -0.4 is 0 Å². The van der Waals surface area contributed by atoms with Gasteiger partial charge in [-0.15, -0.1) is 9.24 Å². The van der Waals surface area contributed by atoms with Crippen LogP contribution in [0.4, 0.5) is 0 Å². The van der Waals surface area contributed by atoms with E-state index < -0.39 is 0 Å². The quantitative estimate of drug-likeness (QED) is 0.466. The van der Waals surface area contributed by atoms with Crippen LogP contribution in [-0.2, 0) is 0 Å². The Morgan fingerprint density at radius 3 is 2.25 bits per heavy atom. The third-order valence-corrected chi connectivity index (χ3v) is 3.80. The van der Waals surface area contributed by atoms with Crippen LogP contribution in [0.25, 0.3) is 0 Å². The zero-order chi connectivity index (χ0) is 3.41. The van der Waals surface area contributed by atoms with Gasteiger partial charge in [0.1, 0.15) is 0 Å². The molecule has 1 unspecified atom stereocenters. The lowest BCUT2D eigenvalue weighted by Gasteiger charge is -1.66. The van der Waals surface area contributed by atoms with Crippen LogP contribution >= 0.6 is 39.4 Å². The van der Waals surface area contributed by atoms with E-state index in [0.29, 0.717) is 0 Å². The number of hydrogen-bond acceptors (Lipinski definition) is 1. The van der Waals surface area contributed by atoms with Crippen molar-refractivity contribution >= 4 is 39.4 Å². The molecule has 0 fully saturated rings. The fourth-order valence-electron chi connectivity index (χ4n) is 0. The molecule has 0 amide bonds. The smallest absolute Gasteiger partial charge is 0.0179 e. The lowest BCUT2D eigenvalue weighted by atomic mass is 11.9. The third kappa shape index (κ3) is 3.51. The van der Waals surface area contributed by atoms with Crippen LogP contribution in [0.2, 0.25) is 0 Å². The van der Waals surface area contributed by atoms with Crippen molar-refractivity contribution in [2.75, 3.05) is 5.49 Å². The lowest BCUT2D eigenvalue weighted by molar-refractivity contribution is 2.34. The standard InChI is InChI=1S/CH4IPS/c2-4-1-3/h1,3H2. The Balaban J connectivity index is 1.97. The molecule has 0 saturated heterocycles. The molecule has 0 aliphatic rings. The Morgan fingerprint density at radius 2 is 2.25 bits per heavy atom. The average molecular weight is 206 g/mol. The van der Waals surface area contributed by atoms with Gasteiger partial charge < -0.3 is 0 Å². The van der Waals surface area contributed by atoms with Crippen LogP contribution in [0, 0.1) is 0 Å². The molecule has 0 aromatic heterocycles. The van der Waals surface area contributed by atoms with E-state index in [-0.39, 0.29) is 0 Å². The molecule has 0 aliphatic carbocycles. The molecule has 0 spiro atoms. The van der Waals surface area contributed by atoms with Gasteiger partial charge in [-0.2, -0.15) is 0 Å². The molecular weight excluding hydrogens is 202 g/mol. The highest BCUT2D eigenvalue weighted by atomic mass is 127. The number of hydrogen-bond donors (Lipinski definition) is 0. The molecule has 0 aliphatic heterocycles. The first-order valence-electron chi connectivity index (χ1n) is 0.851. The minimum Gasteiger partial charge on any atom is -0.126 e. The molecule has 0 radical (unpaired) electrons. The van der Waals surface area contributed by atoms with E-state index in [4.69, 9.17) is 0 Å². The molecule has 0 saturated carbocycles. The molecule has 0 rings (SSSR count). The first kappa shape index (κ1) is 5.51. The first-order valence-corrected chi connectivity index (χ1v) is 5.20. The Kier molecular flexibility index (Phi) is 6.21. The highest BCUT2D eigenvalue weighted by molar-refractivity contribution is 14.2. The third-order valence-electron chi connectivity index (χ3n) is 0.0630. The van der Waals surface area contributed by atoms with Crippen LogP contribution in [0.15, 0.2) is 0 Å². The van der Waals surface area contributed by atoms with Gasteiger partial charge in [-0.1, -0.05) is 8.93 Å². The maximum atomic E-state index is 2.61. The van der Waals surface area contributed by atoms with E-state index in [1.807, 2.05) is 0 Å². The molecule has 0 nitrogen and oxygen atoms in total. The number of halogens is 1. The summed E-state index contributed by atoms with van der Waals surface area (Å²) < 4.78 is 0. The molecule has 0 N–H and O–H groups in total. The van der Waals surface area contributed by atoms with Crippen LogP contribution in [-0.4, -0.2) is 5.49 Å². The van der Waals surface area contributed by atoms with E-state index >= 15 is 0 Å². The lowest BCUT2D eigenvalue weighted by Crippen LogP contribution is -1.32. The van der Waals surface area contributed by atoms with Gasteiger partial charge in [0, 0.05) is 5.49 Å². The molecule has 0 aromatic rings. The second-order valence-electron chi connectivity index (χ2n) is 0.276. The van der Waals surface area contributed by atoms with E-state index in [1.165, 1.54) is 0 Å². The predicted molar refractivity (Wildman–Crippen MR) is 36.2 cm³/mol. The van der Waals surface area contributed by atoms with E-state index in [2.05, 4.69) is 30.4 Å². The summed E-state index contributed by atoms with van der Waals surface area (Å²) in [5.41, 5.74) is 1.14. The molecule has 0 bridgehead atoms. The summed E-state index contributed by atoms with van der Waals surface area (Å²) in [6.07, 6.45) is 0. The van der Waals surface area contributed by atoms with Gasteiger partial charge in [0.15, 0.2) is 0 Å².